The normalized spacial score (nSPS) is 19.6. The molecule has 0 bridgehead atoms. The van der Waals surface area contributed by atoms with E-state index < -0.39 is 0 Å². The van der Waals surface area contributed by atoms with Crippen LogP contribution in [0.1, 0.15) is 47.3 Å². The maximum atomic E-state index is 13.9. The van der Waals surface area contributed by atoms with Gasteiger partial charge in [0.15, 0.2) is 0 Å². The molecule has 1 aliphatic heterocycles. The third kappa shape index (κ3) is 3.67. The lowest BCUT2D eigenvalue weighted by Gasteiger charge is -2.38. The van der Waals surface area contributed by atoms with Crippen molar-refractivity contribution in [2.45, 2.75) is 31.6 Å². The summed E-state index contributed by atoms with van der Waals surface area (Å²) in [5, 5.41) is 0. The molecular formula is C22H22FN3O2. The van der Waals surface area contributed by atoms with Gasteiger partial charge in [0.25, 0.3) is 5.91 Å². The Labute approximate surface area is 163 Å². The number of hydrogen-bond acceptors (Lipinski definition) is 4. The second-order valence-electron chi connectivity index (χ2n) is 7.53. The van der Waals surface area contributed by atoms with E-state index in [2.05, 4.69) is 16.9 Å². The van der Waals surface area contributed by atoms with E-state index in [0.717, 1.165) is 12.8 Å². The average molecular weight is 379 g/mol. The number of likely N-dealkylation sites (tertiary alicyclic amines) is 1. The monoisotopic (exact) mass is 379 g/mol. The molecule has 5 nitrogen and oxygen atoms in total. The molecule has 0 spiro atoms. The summed E-state index contributed by atoms with van der Waals surface area (Å²) in [5.41, 5.74) is 0.842. The molecule has 1 atom stereocenters. The number of amides is 1. The minimum absolute atomic E-state index is 0.00791. The minimum Gasteiger partial charge on any atom is -0.445 e. The Kier molecular flexibility index (Phi) is 4.94. The molecule has 1 fully saturated rings. The van der Waals surface area contributed by atoms with Crippen molar-refractivity contribution in [2.24, 2.45) is 0 Å². The van der Waals surface area contributed by atoms with Gasteiger partial charge in [0.05, 0.1) is 11.6 Å². The number of carbonyl (C=O) groups is 1. The van der Waals surface area contributed by atoms with E-state index >= 15 is 0 Å². The predicted octanol–water partition coefficient (Wildman–Crippen LogP) is 3.99. The summed E-state index contributed by atoms with van der Waals surface area (Å²) in [7, 11) is 0. The third-order valence-electron chi connectivity index (χ3n) is 5.30. The summed E-state index contributed by atoms with van der Waals surface area (Å²) in [5.74, 6) is 0.967. The smallest absolute Gasteiger partial charge is 0.253 e. The molecule has 0 radical (unpaired) electrons. The number of nitrogens with zero attached hydrogens (tertiary/aromatic N) is 3. The second kappa shape index (κ2) is 7.54. The minimum atomic E-state index is -0.367. The van der Waals surface area contributed by atoms with Gasteiger partial charge in [-0.3, -0.25) is 9.78 Å². The fourth-order valence-corrected chi connectivity index (χ4v) is 3.76. The van der Waals surface area contributed by atoms with Crippen LogP contribution in [0.25, 0.3) is 0 Å². The quantitative estimate of drug-likeness (QED) is 0.688. The molecule has 1 aromatic carbocycles. The number of pyridine rings is 1. The number of rotatable bonds is 4. The van der Waals surface area contributed by atoms with E-state index in [1.165, 1.54) is 6.07 Å². The van der Waals surface area contributed by atoms with E-state index in [0.29, 0.717) is 42.3 Å². The molecule has 6 heteroatoms. The highest BCUT2D eigenvalue weighted by Gasteiger charge is 2.38. The number of piperidine rings is 1. The van der Waals surface area contributed by atoms with E-state index in [4.69, 9.17) is 4.42 Å². The number of hydrogen-bond donors (Lipinski definition) is 0. The Hall–Kier alpha value is -3.02. The van der Waals surface area contributed by atoms with Crippen LogP contribution in [0.5, 0.6) is 0 Å². The number of carbonyl (C=O) groups excluding carboxylic acids is 1. The Balaban J connectivity index is 1.51. The van der Waals surface area contributed by atoms with Gasteiger partial charge in [-0.25, -0.2) is 9.37 Å². The van der Waals surface area contributed by atoms with Crippen molar-refractivity contribution in [1.82, 2.24) is 14.9 Å². The standard InChI is InChI=1S/C22H22FN3O2/c1-22(9-4-12-26(15-22)20(27)16-7-10-24-11-8-16)21-25-14-18(28-21)13-17-5-2-3-6-19(17)23/h2-3,5-8,10-11,14H,4,9,12-13,15H2,1H3/t22-/m0/s1. The van der Waals surface area contributed by atoms with Gasteiger partial charge in [0.2, 0.25) is 5.89 Å². The summed E-state index contributed by atoms with van der Waals surface area (Å²) in [6.07, 6.45) is 7.02. The first kappa shape index (κ1) is 18.3. The molecule has 1 saturated heterocycles. The molecule has 1 aliphatic rings. The molecule has 4 rings (SSSR count). The van der Waals surface area contributed by atoms with Crippen molar-refractivity contribution >= 4 is 5.91 Å². The molecule has 0 unspecified atom stereocenters. The van der Waals surface area contributed by atoms with Crippen LogP contribution in [-0.2, 0) is 11.8 Å². The molecule has 144 valence electrons. The van der Waals surface area contributed by atoms with Crippen LogP contribution >= 0.6 is 0 Å². The van der Waals surface area contributed by atoms with Crippen LogP contribution in [0.15, 0.2) is 59.4 Å². The van der Waals surface area contributed by atoms with Crippen LogP contribution in [0.2, 0.25) is 0 Å². The van der Waals surface area contributed by atoms with Crippen molar-refractivity contribution in [1.29, 1.82) is 0 Å². The number of benzene rings is 1. The Morgan fingerprint density at radius 3 is 2.82 bits per heavy atom. The first-order chi connectivity index (χ1) is 13.5. The van der Waals surface area contributed by atoms with E-state index in [1.54, 1.807) is 48.9 Å². The van der Waals surface area contributed by atoms with Crippen molar-refractivity contribution in [3.05, 3.63) is 83.6 Å². The van der Waals surface area contributed by atoms with Gasteiger partial charge >= 0.3 is 0 Å². The lowest BCUT2D eigenvalue weighted by Crippen LogP contribution is -2.47. The highest BCUT2D eigenvalue weighted by molar-refractivity contribution is 5.94. The predicted molar refractivity (Wildman–Crippen MR) is 102 cm³/mol. The molecule has 28 heavy (non-hydrogen) atoms. The van der Waals surface area contributed by atoms with Gasteiger partial charge in [-0.05, 0) is 43.5 Å². The van der Waals surface area contributed by atoms with E-state index in [1.807, 2.05) is 4.90 Å². The van der Waals surface area contributed by atoms with E-state index in [9.17, 15) is 9.18 Å². The Morgan fingerprint density at radius 2 is 2.04 bits per heavy atom. The molecule has 3 heterocycles. The first-order valence-corrected chi connectivity index (χ1v) is 9.43. The average Bonchev–Trinajstić information content (AvgIpc) is 3.19. The largest absolute Gasteiger partial charge is 0.445 e. The first-order valence-electron chi connectivity index (χ1n) is 9.43. The van der Waals surface area contributed by atoms with Gasteiger partial charge in [0, 0.05) is 37.5 Å². The van der Waals surface area contributed by atoms with Crippen molar-refractivity contribution in [2.75, 3.05) is 13.1 Å². The summed E-state index contributed by atoms with van der Waals surface area (Å²) >= 11 is 0. The molecule has 0 saturated carbocycles. The lowest BCUT2D eigenvalue weighted by atomic mass is 9.81. The lowest BCUT2D eigenvalue weighted by molar-refractivity contribution is 0.0626. The Bertz CT molecular complexity index is 973. The third-order valence-corrected chi connectivity index (χ3v) is 5.30. The van der Waals surface area contributed by atoms with Gasteiger partial charge in [0.1, 0.15) is 11.6 Å². The molecule has 0 N–H and O–H groups in total. The highest BCUT2D eigenvalue weighted by Crippen LogP contribution is 2.34. The fraction of sp³-hybridized carbons (Fsp3) is 0.318. The topological polar surface area (TPSA) is 59.2 Å². The van der Waals surface area contributed by atoms with Crippen molar-refractivity contribution < 1.29 is 13.6 Å². The van der Waals surface area contributed by atoms with Gasteiger partial charge in [-0.15, -0.1) is 0 Å². The Morgan fingerprint density at radius 1 is 1.25 bits per heavy atom. The molecular weight excluding hydrogens is 357 g/mol. The molecule has 3 aromatic rings. The highest BCUT2D eigenvalue weighted by atomic mass is 19.1. The van der Waals surface area contributed by atoms with Crippen molar-refractivity contribution in [3.8, 4) is 0 Å². The second-order valence-corrected chi connectivity index (χ2v) is 7.53. The number of oxazole rings is 1. The SMILES string of the molecule is C[C@]1(c2ncc(Cc3ccccc3F)o2)CCCN(C(=O)c2ccncc2)C1. The number of halogens is 1. The summed E-state index contributed by atoms with van der Waals surface area (Å²) < 4.78 is 19.9. The van der Waals surface area contributed by atoms with Gasteiger partial charge < -0.3 is 9.32 Å². The van der Waals surface area contributed by atoms with Gasteiger partial charge in [-0.2, -0.15) is 0 Å². The maximum absolute atomic E-state index is 13.9. The van der Waals surface area contributed by atoms with Crippen LogP contribution in [-0.4, -0.2) is 33.9 Å². The zero-order valence-electron chi connectivity index (χ0n) is 15.8. The number of aromatic nitrogens is 2. The van der Waals surface area contributed by atoms with E-state index in [-0.39, 0.29) is 17.1 Å². The van der Waals surface area contributed by atoms with Gasteiger partial charge in [-0.1, -0.05) is 18.2 Å². The van der Waals surface area contributed by atoms with Crippen LogP contribution < -0.4 is 0 Å². The van der Waals surface area contributed by atoms with Crippen LogP contribution in [0.3, 0.4) is 0 Å². The zero-order valence-corrected chi connectivity index (χ0v) is 15.8. The van der Waals surface area contributed by atoms with Crippen LogP contribution in [0, 0.1) is 5.82 Å². The fourth-order valence-electron chi connectivity index (χ4n) is 3.76. The molecule has 2 aromatic heterocycles. The summed E-state index contributed by atoms with van der Waals surface area (Å²) in [6, 6.07) is 10.1. The zero-order chi connectivity index (χ0) is 19.6. The summed E-state index contributed by atoms with van der Waals surface area (Å²) in [4.78, 5) is 23.1. The van der Waals surface area contributed by atoms with Crippen LogP contribution in [0.4, 0.5) is 4.39 Å². The molecule has 1 amide bonds. The van der Waals surface area contributed by atoms with Crippen molar-refractivity contribution in [3.63, 3.8) is 0 Å². The summed E-state index contributed by atoms with van der Waals surface area (Å²) in [6.45, 7) is 3.31. The maximum Gasteiger partial charge on any atom is 0.253 e. The molecule has 0 aliphatic carbocycles.